The predicted molar refractivity (Wildman–Crippen MR) is 52.7 cm³/mol. The molecule has 1 saturated heterocycles. The van der Waals surface area contributed by atoms with Crippen molar-refractivity contribution in [3.8, 4) is 0 Å². The number of rotatable bonds is 4. The fourth-order valence-electron chi connectivity index (χ4n) is 0.936. The molecule has 0 bridgehead atoms. The van der Waals surface area contributed by atoms with E-state index < -0.39 is 0 Å². The van der Waals surface area contributed by atoms with Crippen molar-refractivity contribution in [3.63, 3.8) is 0 Å². The zero-order chi connectivity index (χ0) is 9.10. The van der Waals surface area contributed by atoms with Gasteiger partial charge in [-0.3, -0.25) is 0 Å². The third-order valence-electron chi connectivity index (χ3n) is 1.83. The van der Waals surface area contributed by atoms with Crippen molar-refractivity contribution in [2.24, 2.45) is 0 Å². The molecule has 1 aromatic carbocycles. The van der Waals surface area contributed by atoms with Gasteiger partial charge in [0.1, 0.15) is 6.10 Å². The highest BCUT2D eigenvalue weighted by atomic mass is 32.2. The molecule has 1 fully saturated rings. The lowest BCUT2D eigenvalue weighted by Gasteiger charge is -2.00. The topological polar surface area (TPSA) is 21.8 Å². The number of epoxide rings is 1. The first kappa shape index (κ1) is 9.06. The van der Waals surface area contributed by atoms with Gasteiger partial charge in [0, 0.05) is 16.9 Å². The molecule has 3 heteroatoms. The van der Waals surface area contributed by atoms with Gasteiger partial charge in [0.15, 0.2) is 0 Å². The SMILES string of the molecule is Cc1ccc(SOC[C@H]2CO2)cc1. The molecule has 0 aliphatic carbocycles. The monoisotopic (exact) mass is 196 g/mol. The molecule has 1 aliphatic heterocycles. The van der Waals surface area contributed by atoms with Crippen LogP contribution in [0.15, 0.2) is 29.2 Å². The van der Waals surface area contributed by atoms with E-state index in [1.165, 1.54) is 17.6 Å². The van der Waals surface area contributed by atoms with E-state index in [4.69, 9.17) is 8.92 Å². The van der Waals surface area contributed by atoms with Crippen LogP contribution in [0.4, 0.5) is 0 Å². The summed E-state index contributed by atoms with van der Waals surface area (Å²) in [6.07, 6.45) is 0.345. The third-order valence-corrected chi connectivity index (χ3v) is 2.55. The van der Waals surface area contributed by atoms with Crippen LogP contribution in [0.2, 0.25) is 0 Å². The molecule has 0 radical (unpaired) electrons. The maximum atomic E-state index is 5.38. The van der Waals surface area contributed by atoms with Gasteiger partial charge in [-0.2, -0.15) is 0 Å². The van der Waals surface area contributed by atoms with Gasteiger partial charge in [-0.1, -0.05) is 17.7 Å². The highest BCUT2D eigenvalue weighted by molar-refractivity contribution is 7.94. The first-order valence-electron chi connectivity index (χ1n) is 4.32. The summed E-state index contributed by atoms with van der Waals surface area (Å²) in [4.78, 5) is 1.14. The molecule has 2 nitrogen and oxygen atoms in total. The van der Waals surface area contributed by atoms with Gasteiger partial charge < -0.3 is 8.92 Å². The van der Waals surface area contributed by atoms with Crippen LogP contribution in [-0.4, -0.2) is 19.3 Å². The van der Waals surface area contributed by atoms with E-state index in [2.05, 4.69) is 31.2 Å². The Labute approximate surface area is 82.4 Å². The summed E-state index contributed by atoms with van der Waals surface area (Å²) in [6, 6.07) is 8.29. The van der Waals surface area contributed by atoms with Crippen molar-refractivity contribution in [1.29, 1.82) is 0 Å². The number of benzene rings is 1. The van der Waals surface area contributed by atoms with Gasteiger partial charge in [-0.25, -0.2) is 0 Å². The predicted octanol–water partition coefficient (Wildman–Crippen LogP) is 2.42. The molecule has 13 heavy (non-hydrogen) atoms. The Hall–Kier alpha value is -0.510. The molecule has 1 heterocycles. The van der Waals surface area contributed by atoms with E-state index in [9.17, 15) is 0 Å². The summed E-state index contributed by atoms with van der Waals surface area (Å²) in [5.41, 5.74) is 1.27. The Balaban J connectivity index is 1.76. The Morgan fingerprint density at radius 1 is 1.46 bits per heavy atom. The van der Waals surface area contributed by atoms with Crippen molar-refractivity contribution >= 4 is 12.0 Å². The largest absolute Gasteiger partial charge is 0.371 e. The highest BCUT2D eigenvalue weighted by Crippen LogP contribution is 2.21. The lowest BCUT2D eigenvalue weighted by atomic mass is 10.2. The van der Waals surface area contributed by atoms with Gasteiger partial charge in [0.05, 0.1) is 13.2 Å². The zero-order valence-corrected chi connectivity index (χ0v) is 8.34. The number of hydrogen-bond acceptors (Lipinski definition) is 3. The molecule has 0 saturated carbocycles. The molecule has 1 atom stereocenters. The molecule has 0 amide bonds. The summed E-state index contributed by atoms with van der Waals surface area (Å²) in [5.74, 6) is 0. The van der Waals surface area contributed by atoms with E-state index in [-0.39, 0.29) is 0 Å². The van der Waals surface area contributed by atoms with Crippen LogP contribution in [-0.2, 0) is 8.92 Å². The third kappa shape index (κ3) is 3.03. The number of ether oxygens (including phenoxy) is 1. The minimum absolute atomic E-state index is 0.345. The fourth-order valence-corrected chi connectivity index (χ4v) is 1.54. The molecular weight excluding hydrogens is 184 g/mol. The summed E-state index contributed by atoms with van der Waals surface area (Å²) >= 11 is 1.42. The molecule has 0 aromatic heterocycles. The molecular formula is C10H12O2S. The molecule has 2 rings (SSSR count). The standard InChI is InChI=1S/C10H12O2S/c1-8-2-4-10(5-3-8)13-12-7-9-6-11-9/h2-5,9H,6-7H2,1H3/t9-/m1/s1. The van der Waals surface area contributed by atoms with E-state index >= 15 is 0 Å². The Morgan fingerprint density at radius 2 is 2.15 bits per heavy atom. The Bertz CT molecular complexity index is 267. The lowest BCUT2D eigenvalue weighted by Crippen LogP contribution is -1.94. The normalized spacial score (nSPS) is 20.2. The van der Waals surface area contributed by atoms with Crippen LogP contribution >= 0.6 is 12.0 Å². The zero-order valence-electron chi connectivity index (χ0n) is 7.53. The van der Waals surface area contributed by atoms with Gasteiger partial charge in [0.2, 0.25) is 0 Å². The molecule has 0 N–H and O–H groups in total. The first-order chi connectivity index (χ1) is 6.34. The van der Waals surface area contributed by atoms with Crippen LogP contribution < -0.4 is 0 Å². The van der Waals surface area contributed by atoms with Crippen molar-refractivity contribution in [2.75, 3.05) is 13.2 Å². The molecule has 70 valence electrons. The van der Waals surface area contributed by atoms with Gasteiger partial charge in [-0.15, -0.1) is 0 Å². The van der Waals surface area contributed by atoms with Gasteiger partial charge in [0.25, 0.3) is 0 Å². The minimum atomic E-state index is 0.345. The van der Waals surface area contributed by atoms with Crippen LogP contribution in [0, 0.1) is 6.92 Å². The molecule has 1 aliphatic rings. The van der Waals surface area contributed by atoms with Gasteiger partial charge >= 0.3 is 0 Å². The first-order valence-corrected chi connectivity index (χ1v) is 5.06. The van der Waals surface area contributed by atoms with Crippen LogP contribution in [0.3, 0.4) is 0 Å². The van der Waals surface area contributed by atoms with Crippen LogP contribution in [0.1, 0.15) is 5.56 Å². The van der Waals surface area contributed by atoms with Crippen molar-refractivity contribution in [3.05, 3.63) is 29.8 Å². The van der Waals surface area contributed by atoms with E-state index in [1.807, 2.05) is 0 Å². The maximum absolute atomic E-state index is 5.38. The summed E-state index contributed by atoms with van der Waals surface area (Å²) in [5, 5.41) is 0. The van der Waals surface area contributed by atoms with Crippen molar-refractivity contribution in [2.45, 2.75) is 17.9 Å². The number of hydrogen-bond donors (Lipinski definition) is 0. The lowest BCUT2D eigenvalue weighted by molar-refractivity contribution is 0.295. The fraction of sp³-hybridized carbons (Fsp3) is 0.400. The van der Waals surface area contributed by atoms with E-state index in [0.29, 0.717) is 12.7 Å². The van der Waals surface area contributed by atoms with Gasteiger partial charge in [-0.05, 0) is 19.1 Å². The van der Waals surface area contributed by atoms with Crippen LogP contribution in [0.5, 0.6) is 0 Å². The second-order valence-electron chi connectivity index (χ2n) is 3.14. The average molecular weight is 196 g/mol. The second-order valence-corrected chi connectivity index (χ2v) is 4.01. The average Bonchev–Trinajstić information content (AvgIpc) is 2.92. The smallest absolute Gasteiger partial charge is 0.106 e. The van der Waals surface area contributed by atoms with Crippen molar-refractivity contribution < 1.29 is 8.92 Å². The van der Waals surface area contributed by atoms with E-state index in [1.54, 1.807) is 0 Å². The minimum Gasteiger partial charge on any atom is -0.371 e. The molecule has 1 aromatic rings. The molecule has 0 spiro atoms. The summed E-state index contributed by atoms with van der Waals surface area (Å²) in [7, 11) is 0. The number of aryl methyl sites for hydroxylation is 1. The highest BCUT2D eigenvalue weighted by Gasteiger charge is 2.22. The Kier molecular flexibility index (Phi) is 2.88. The summed E-state index contributed by atoms with van der Waals surface area (Å²) in [6.45, 7) is 3.63. The maximum Gasteiger partial charge on any atom is 0.106 e. The van der Waals surface area contributed by atoms with E-state index in [0.717, 1.165) is 11.5 Å². The quantitative estimate of drug-likeness (QED) is 0.545. The second kappa shape index (κ2) is 4.13. The van der Waals surface area contributed by atoms with Crippen LogP contribution in [0.25, 0.3) is 0 Å². The Morgan fingerprint density at radius 3 is 2.77 bits per heavy atom. The van der Waals surface area contributed by atoms with Crippen molar-refractivity contribution in [1.82, 2.24) is 0 Å². The summed E-state index contributed by atoms with van der Waals surface area (Å²) < 4.78 is 10.4. The molecule has 0 unspecified atom stereocenters.